The molecule has 0 aliphatic rings. The van der Waals surface area contributed by atoms with Crippen molar-refractivity contribution < 1.29 is 19.1 Å². The monoisotopic (exact) mass is 412 g/mol. The predicted molar refractivity (Wildman–Crippen MR) is 113 cm³/mol. The quantitative estimate of drug-likeness (QED) is 0.404. The van der Waals surface area contributed by atoms with Crippen molar-refractivity contribution in [2.24, 2.45) is 0 Å². The fourth-order valence-corrected chi connectivity index (χ4v) is 3.79. The number of rotatable bonds is 10. The maximum atomic E-state index is 11.8. The van der Waals surface area contributed by atoms with Crippen LogP contribution >= 0.6 is 11.3 Å². The van der Waals surface area contributed by atoms with Gasteiger partial charge in [-0.2, -0.15) is 0 Å². The van der Waals surface area contributed by atoms with E-state index in [2.05, 4.69) is 16.4 Å². The number of carbonyl (C=O) groups is 2. The molecule has 3 rings (SSSR count). The number of carbonyl (C=O) groups excluding carboxylic acids is 2. The van der Waals surface area contributed by atoms with Crippen molar-refractivity contribution in [2.45, 2.75) is 32.2 Å². The maximum Gasteiger partial charge on any atom is 0.306 e. The second-order valence-electron chi connectivity index (χ2n) is 6.57. The lowest BCUT2D eigenvalue weighted by Gasteiger charge is -2.07. The standard InChI is InChI=1S/C22H24N2O4S/c1-27-17-12-10-16(11-13-17)14-23-20(25)15-28-22(26)9-5-4-8-21-24-18-6-2-3-7-19(18)29-21/h2-3,6-7,10-13H,4-5,8-9,14-15H2,1H3,(H,23,25). The number of esters is 1. The van der Waals surface area contributed by atoms with Gasteiger partial charge in [-0.25, -0.2) is 4.98 Å². The number of hydrogen-bond acceptors (Lipinski definition) is 6. The fourth-order valence-electron chi connectivity index (χ4n) is 2.79. The molecule has 7 heteroatoms. The van der Waals surface area contributed by atoms with Crippen LogP contribution in [0.2, 0.25) is 0 Å². The minimum absolute atomic E-state index is 0.257. The molecule has 0 spiro atoms. The van der Waals surface area contributed by atoms with Crippen LogP contribution in [0.3, 0.4) is 0 Å². The van der Waals surface area contributed by atoms with E-state index < -0.39 is 0 Å². The van der Waals surface area contributed by atoms with E-state index in [-0.39, 0.29) is 18.5 Å². The molecule has 0 bridgehead atoms. The maximum absolute atomic E-state index is 11.8. The molecule has 6 nitrogen and oxygen atoms in total. The number of aromatic nitrogens is 1. The minimum Gasteiger partial charge on any atom is -0.497 e. The molecule has 0 atom stereocenters. The first-order valence-corrected chi connectivity index (χ1v) is 10.4. The summed E-state index contributed by atoms with van der Waals surface area (Å²) in [5.41, 5.74) is 1.97. The first-order valence-electron chi connectivity index (χ1n) is 9.54. The molecule has 0 aliphatic heterocycles. The molecule has 1 aromatic heterocycles. The van der Waals surface area contributed by atoms with Gasteiger partial charge in [0.15, 0.2) is 6.61 Å². The van der Waals surface area contributed by atoms with E-state index in [9.17, 15) is 9.59 Å². The molecular weight excluding hydrogens is 388 g/mol. The number of amides is 1. The van der Waals surface area contributed by atoms with E-state index in [0.717, 1.165) is 34.7 Å². The molecule has 0 aliphatic carbocycles. The first-order chi connectivity index (χ1) is 14.1. The van der Waals surface area contributed by atoms with Crippen molar-refractivity contribution in [2.75, 3.05) is 13.7 Å². The number of fused-ring (bicyclic) bond motifs is 1. The van der Waals surface area contributed by atoms with Gasteiger partial charge in [-0.15, -0.1) is 11.3 Å². The van der Waals surface area contributed by atoms with Gasteiger partial charge < -0.3 is 14.8 Å². The number of para-hydroxylation sites is 1. The van der Waals surface area contributed by atoms with Crippen molar-refractivity contribution in [3.8, 4) is 5.75 Å². The molecule has 0 saturated carbocycles. The van der Waals surface area contributed by atoms with Crippen LogP contribution < -0.4 is 10.1 Å². The molecule has 1 amide bonds. The summed E-state index contributed by atoms with van der Waals surface area (Å²) in [6.45, 7) is 0.120. The van der Waals surface area contributed by atoms with Gasteiger partial charge in [0.2, 0.25) is 0 Å². The lowest BCUT2D eigenvalue weighted by Crippen LogP contribution is -2.28. The Bertz CT molecular complexity index is 920. The molecule has 1 heterocycles. The van der Waals surface area contributed by atoms with Crippen LogP contribution in [0.15, 0.2) is 48.5 Å². The molecule has 2 aromatic carbocycles. The number of nitrogens with one attached hydrogen (secondary N) is 1. The highest BCUT2D eigenvalue weighted by atomic mass is 32.1. The van der Waals surface area contributed by atoms with E-state index in [1.165, 1.54) is 4.70 Å². The highest BCUT2D eigenvalue weighted by Gasteiger charge is 2.08. The van der Waals surface area contributed by atoms with Crippen LogP contribution in [0.1, 0.15) is 29.8 Å². The van der Waals surface area contributed by atoms with Crippen molar-refractivity contribution in [3.63, 3.8) is 0 Å². The summed E-state index contributed by atoms with van der Waals surface area (Å²) in [6, 6.07) is 15.5. The Kier molecular flexibility index (Phi) is 7.58. The number of aryl methyl sites for hydroxylation is 1. The van der Waals surface area contributed by atoms with Crippen LogP contribution in [0, 0.1) is 0 Å². The van der Waals surface area contributed by atoms with Crippen LogP contribution in [0.25, 0.3) is 10.2 Å². The van der Waals surface area contributed by atoms with Gasteiger partial charge in [-0.05, 0) is 49.1 Å². The topological polar surface area (TPSA) is 77.5 Å². The number of thiazole rings is 1. The summed E-state index contributed by atoms with van der Waals surface area (Å²) in [5.74, 6) is 0.0923. The van der Waals surface area contributed by atoms with E-state index >= 15 is 0 Å². The summed E-state index contributed by atoms with van der Waals surface area (Å²) in [6.07, 6.45) is 2.71. The van der Waals surface area contributed by atoms with Crippen molar-refractivity contribution >= 4 is 33.4 Å². The van der Waals surface area contributed by atoms with E-state index in [1.54, 1.807) is 18.4 Å². The largest absolute Gasteiger partial charge is 0.497 e. The zero-order valence-corrected chi connectivity index (χ0v) is 17.2. The molecule has 152 valence electrons. The summed E-state index contributed by atoms with van der Waals surface area (Å²) < 4.78 is 11.3. The Morgan fingerprint density at radius 1 is 1.07 bits per heavy atom. The molecule has 0 saturated heterocycles. The summed E-state index contributed by atoms with van der Waals surface area (Å²) >= 11 is 1.69. The van der Waals surface area contributed by atoms with Crippen molar-refractivity contribution in [3.05, 3.63) is 59.1 Å². The van der Waals surface area contributed by atoms with Gasteiger partial charge in [0.05, 0.1) is 22.3 Å². The molecule has 1 N–H and O–H groups in total. The molecular formula is C22H24N2O4S. The van der Waals surface area contributed by atoms with Gasteiger partial charge in [0.25, 0.3) is 5.91 Å². The average Bonchev–Trinajstić information content (AvgIpc) is 3.17. The Morgan fingerprint density at radius 3 is 2.62 bits per heavy atom. The molecule has 0 unspecified atom stereocenters. The minimum atomic E-state index is -0.353. The van der Waals surface area contributed by atoms with Gasteiger partial charge in [-0.1, -0.05) is 24.3 Å². The highest BCUT2D eigenvalue weighted by molar-refractivity contribution is 7.18. The van der Waals surface area contributed by atoms with Crippen LogP contribution in [-0.2, 0) is 27.3 Å². The number of methoxy groups -OCH3 is 1. The highest BCUT2D eigenvalue weighted by Crippen LogP contribution is 2.22. The van der Waals surface area contributed by atoms with Gasteiger partial charge >= 0.3 is 5.97 Å². The Morgan fingerprint density at radius 2 is 1.86 bits per heavy atom. The van der Waals surface area contributed by atoms with Gasteiger partial charge in [-0.3, -0.25) is 9.59 Å². The zero-order valence-electron chi connectivity index (χ0n) is 16.3. The van der Waals surface area contributed by atoms with Gasteiger partial charge in [0.1, 0.15) is 5.75 Å². The third-order valence-corrected chi connectivity index (χ3v) is 5.47. The third-order valence-electron chi connectivity index (χ3n) is 4.37. The summed E-state index contributed by atoms with van der Waals surface area (Å²) in [4.78, 5) is 28.2. The van der Waals surface area contributed by atoms with Crippen molar-refractivity contribution in [1.29, 1.82) is 0 Å². The Hall–Kier alpha value is -2.93. The SMILES string of the molecule is COc1ccc(CNC(=O)COC(=O)CCCCc2nc3ccccc3s2)cc1. The first kappa shape index (κ1) is 20.8. The van der Waals surface area contributed by atoms with Crippen molar-refractivity contribution in [1.82, 2.24) is 10.3 Å². The van der Waals surface area contributed by atoms with Crippen LogP contribution in [-0.4, -0.2) is 30.6 Å². The summed E-state index contributed by atoms with van der Waals surface area (Å²) in [7, 11) is 1.60. The smallest absolute Gasteiger partial charge is 0.306 e. The zero-order chi connectivity index (χ0) is 20.5. The van der Waals surface area contributed by atoms with Crippen LogP contribution in [0.4, 0.5) is 0 Å². The Labute approximate surface area is 173 Å². The number of ether oxygens (including phenoxy) is 2. The second kappa shape index (κ2) is 10.6. The number of hydrogen-bond donors (Lipinski definition) is 1. The van der Waals surface area contributed by atoms with E-state index in [4.69, 9.17) is 9.47 Å². The fraction of sp³-hybridized carbons (Fsp3) is 0.318. The van der Waals surface area contributed by atoms with E-state index in [0.29, 0.717) is 19.4 Å². The molecule has 0 fully saturated rings. The average molecular weight is 413 g/mol. The lowest BCUT2D eigenvalue weighted by atomic mass is 10.2. The van der Waals surface area contributed by atoms with Gasteiger partial charge in [0, 0.05) is 13.0 Å². The second-order valence-corrected chi connectivity index (χ2v) is 7.68. The lowest BCUT2D eigenvalue weighted by molar-refractivity contribution is -0.148. The number of unbranched alkanes of at least 4 members (excludes halogenated alkanes) is 1. The molecule has 0 radical (unpaired) electrons. The molecule has 29 heavy (non-hydrogen) atoms. The predicted octanol–water partition coefficient (Wildman–Crippen LogP) is 3.88. The van der Waals surface area contributed by atoms with E-state index in [1.807, 2.05) is 42.5 Å². The summed E-state index contributed by atoms with van der Waals surface area (Å²) in [5, 5.41) is 3.81. The number of benzene rings is 2. The number of nitrogens with zero attached hydrogens (tertiary/aromatic N) is 1. The Balaban J connectivity index is 1.28. The molecule has 3 aromatic rings. The normalized spacial score (nSPS) is 10.7. The van der Waals surface area contributed by atoms with Crippen LogP contribution in [0.5, 0.6) is 5.75 Å². The third kappa shape index (κ3) is 6.57.